The van der Waals surface area contributed by atoms with Crippen LogP contribution in [0.1, 0.15) is 26.3 Å². The summed E-state index contributed by atoms with van der Waals surface area (Å²) < 4.78 is 5.39. The molecule has 19 heavy (non-hydrogen) atoms. The van der Waals surface area contributed by atoms with Crippen molar-refractivity contribution in [1.82, 2.24) is 10.2 Å². The van der Waals surface area contributed by atoms with Crippen LogP contribution in [0, 0.1) is 0 Å². The van der Waals surface area contributed by atoms with Gasteiger partial charge in [-0.25, -0.2) is 0 Å². The Hall–Kier alpha value is -1.55. The van der Waals surface area contributed by atoms with Crippen LogP contribution >= 0.6 is 0 Å². The first-order valence-corrected chi connectivity index (χ1v) is 6.57. The number of hydrogen-bond acceptors (Lipinski definition) is 3. The minimum atomic E-state index is -0.542. The number of benzene rings is 1. The normalized spacial score (nSPS) is 11.2. The number of hydrogen-bond donors (Lipinski definition) is 1. The predicted octanol–water partition coefficient (Wildman–Crippen LogP) is 2.04. The van der Waals surface area contributed by atoms with Crippen molar-refractivity contribution in [2.45, 2.75) is 32.9 Å². The van der Waals surface area contributed by atoms with Gasteiger partial charge in [0, 0.05) is 13.6 Å². The van der Waals surface area contributed by atoms with Crippen molar-refractivity contribution in [3.63, 3.8) is 0 Å². The summed E-state index contributed by atoms with van der Waals surface area (Å²) in [5.74, 6) is 0.930. The van der Waals surface area contributed by atoms with Gasteiger partial charge < -0.3 is 15.0 Å². The van der Waals surface area contributed by atoms with Crippen molar-refractivity contribution in [3.8, 4) is 5.75 Å². The fraction of sp³-hybridized carbons (Fsp3) is 0.533. The molecule has 0 bridgehead atoms. The zero-order chi connectivity index (χ0) is 14.5. The van der Waals surface area contributed by atoms with E-state index in [1.54, 1.807) is 11.9 Å². The Morgan fingerprint density at radius 1 is 1.32 bits per heavy atom. The van der Waals surface area contributed by atoms with Crippen LogP contribution in [0.3, 0.4) is 0 Å². The Bertz CT molecular complexity index is 413. The zero-order valence-corrected chi connectivity index (χ0v) is 12.5. The highest BCUT2D eigenvalue weighted by Crippen LogP contribution is 2.15. The summed E-state index contributed by atoms with van der Waals surface area (Å²) in [6, 6.07) is 7.84. The maximum Gasteiger partial charge on any atom is 0.242 e. The lowest BCUT2D eigenvalue weighted by molar-refractivity contribution is -0.136. The van der Waals surface area contributed by atoms with Gasteiger partial charge in [0.2, 0.25) is 5.91 Å². The Balaban J connectivity index is 2.66. The molecule has 0 radical (unpaired) electrons. The lowest BCUT2D eigenvalue weighted by atomic mass is 10.0. The van der Waals surface area contributed by atoms with Gasteiger partial charge in [-0.1, -0.05) is 12.1 Å². The van der Waals surface area contributed by atoms with Gasteiger partial charge in [-0.05, 0) is 45.5 Å². The average Bonchev–Trinajstić information content (AvgIpc) is 2.40. The Morgan fingerprint density at radius 3 is 2.37 bits per heavy atom. The number of nitrogens with one attached hydrogen (secondary N) is 1. The number of ether oxygens (including phenoxy) is 1. The Morgan fingerprint density at radius 2 is 1.89 bits per heavy atom. The van der Waals surface area contributed by atoms with Crippen molar-refractivity contribution in [3.05, 3.63) is 29.8 Å². The number of likely N-dealkylation sites (N-methyl/N-ethyl adjacent to an activating group) is 2. The molecule has 0 fully saturated rings. The quantitative estimate of drug-likeness (QED) is 0.855. The van der Waals surface area contributed by atoms with E-state index in [0.29, 0.717) is 13.2 Å². The molecular weight excluding hydrogens is 240 g/mol. The van der Waals surface area contributed by atoms with Crippen molar-refractivity contribution < 1.29 is 9.53 Å². The van der Waals surface area contributed by atoms with Crippen LogP contribution in [0.15, 0.2) is 24.3 Å². The summed E-state index contributed by atoms with van der Waals surface area (Å²) in [4.78, 5) is 13.9. The minimum Gasteiger partial charge on any atom is -0.494 e. The first-order valence-electron chi connectivity index (χ1n) is 6.57. The van der Waals surface area contributed by atoms with Crippen LogP contribution in [0.2, 0.25) is 0 Å². The van der Waals surface area contributed by atoms with E-state index in [4.69, 9.17) is 4.74 Å². The highest BCUT2D eigenvalue weighted by Gasteiger charge is 2.28. The third-order valence-electron chi connectivity index (χ3n) is 3.16. The molecule has 4 heteroatoms. The molecule has 0 aromatic heterocycles. The standard InChI is InChI=1S/C15H24N2O2/c1-6-19-13-9-7-12(8-10-13)11-17(5)14(18)15(2,3)16-4/h7-10,16H,6,11H2,1-5H3. The van der Waals surface area contributed by atoms with E-state index >= 15 is 0 Å². The number of rotatable bonds is 6. The van der Waals surface area contributed by atoms with Crippen LogP contribution in [0.5, 0.6) is 5.75 Å². The summed E-state index contributed by atoms with van der Waals surface area (Å²) in [5, 5.41) is 3.02. The summed E-state index contributed by atoms with van der Waals surface area (Å²) in [5.41, 5.74) is 0.547. The molecule has 1 aromatic carbocycles. The molecule has 0 aliphatic carbocycles. The molecule has 0 spiro atoms. The molecule has 4 nitrogen and oxygen atoms in total. The van der Waals surface area contributed by atoms with Gasteiger partial charge in [0.05, 0.1) is 12.1 Å². The fourth-order valence-corrected chi connectivity index (χ4v) is 1.79. The molecule has 1 N–H and O–H groups in total. The lowest BCUT2D eigenvalue weighted by Crippen LogP contribution is -2.51. The summed E-state index contributed by atoms with van der Waals surface area (Å²) in [6.07, 6.45) is 0. The molecule has 0 saturated carbocycles. The third kappa shape index (κ3) is 4.24. The largest absolute Gasteiger partial charge is 0.494 e. The van der Waals surface area contributed by atoms with Crippen molar-refractivity contribution in [2.75, 3.05) is 20.7 Å². The summed E-state index contributed by atoms with van der Waals surface area (Å²) in [7, 11) is 3.61. The molecule has 0 unspecified atom stereocenters. The molecule has 0 saturated heterocycles. The second-order valence-electron chi connectivity index (χ2n) is 5.11. The van der Waals surface area contributed by atoms with Gasteiger partial charge >= 0.3 is 0 Å². The lowest BCUT2D eigenvalue weighted by Gasteiger charge is -2.29. The Labute approximate surface area is 115 Å². The molecule has 1 aromatic rings. The minimum absolute atomic E-state index is 0.0730. The second kappa shape index (κ2) is 6.57. The number of amides is 1. The summed E-state index contributed by atoms with van der Waals surface area (Å²) in [6.45, 7) is 6.97. The van der Waals surface area contributed by atoms with E-state index in [1.165, 1.54) is 0 Å². The smallest absolute Gasteiger partial charge is 0.242 e. The average molecular weight is 264 g/mol. The maximum atomic E-state index is 12.2. The monoisotopic (exact) mass is 264 g/mol. The molecule has 0 atom stereocenters. The van der Waals surface area contributed by atoms with Crippen LogP contribution in [0.25, 0.3) is 0 Å². The van der Waals surface area contributed by atoms with Crippen LogP contribution in [-0.2, 0) is 11.3 Å². The van der Waals surface area contributed by atoms with Crippen LogP contribution < -0.4 is 10.1 Å². The molecule has 0 aliphatic heterocycles. The Kier molecular flexibility index (Phi) is 5.36. The molecule has 106 valence electrons. The number of nitrogens with zero attached hydrogens (tertiary/aromatic N) is 1. The van der Waals surface area contributed by atoms with E-state index in [2.05, 4.69) is 5.32 Å². The molecule has 0 aliphatic rings. The van der Waals surface area contributed by atoms with Gasteiger partial charge in [0.25, 0.3) is 0 Å². The van der Waals surface area contributed by atoms with Crippen molar-refractivity contribution >= 4 is 5.91 Å². The highest BCUT2D eigenvalue weighted by molar-refractivity contribution is 5.85. The SMILES string of the molecule is CCOc1ccc(CN(C)C(=O)C(C)(C)NC)cc1. The van der Waals surface area contributed by atoms with E-state index in [-0.39, 0.29) is 5.91 Å². The first-order chi connectivity index (χ1) is 8.90. The second-order valence-corrected chi connectivity index (χ2v) is 5.11. The van der Waals surface area contributed by atoms with E-state index in [1.807, 2.05) is 52.1 Å². The van der Waals surface area contributed by atoms with Crippen molar-refractivity contribution in [1.29, 1.82) is 0 Å². The van der Waals surface area contributed by atoms with Gasteiger partial charge in [-0.3, -0.25) is 4.79 Å². The number of carbonyl (C=O) groups excluding carboxylic acids is 1. The summed E-state index contributed by atoms with van der Waals surface area (Å²) >= 11 is 0. The van der Waals surface area contributed by atoms with Gasteiger partial charge in [0.1, 0.15) is 5.75 Å². The number of carbonyl (C=O) groups is 1. The van der Waals surface area contributed by atoms with E-state index < -0.39 is 5.54 Å². The molecule has 1 amide bonds. The van der Waals surface area contributed by atoms with Crippen LogP contribution in [-0.4, -0.2) is 37.0 Å². The molecule has 0 heterocycles. The predicted molar refractivity (Wildman–Crippen MR) is 77.2 cm³/mol. The van der Waals surface area contributed by atoms with E-state index in [9.17, 15) is 4.79 Å². The fourth-order valence-electron chi connectivity index (χ4n) is 1.79. The van der Waals surface area contributed by atoms with Gasteiger partial charge in [0.15, 0.2) is 0 Å². The van der Waals surface area contributed by atoms with Crippen molar-refractivity contribution in [2.24, 2.45) is 0 Å². The topological polar surface area (TPSA) is 41.6 Å². The first kappa shape index (κ1) is 15.5. The van der Waals surface area contributed by atoms with Gasteiger partial charge in [-0.2, -0.15) is 0 Å². The van der Waals surface area contributed by atoms with Gasteiger partial charge in [-0.15, -0.1) is 0 Å². The molecular formula is C15H24N2O2. The molecule has 1 rings (SSSR count). The van der Waals surface area contributed by atoms with Crippen LogP contribution in [0.4, 0.5) is 0 Å². The maximum absolute atomic E-state index is 12.2. The third-order valence-corrected chi connectivity index (χ3v) is 3.16. The zero-order valence-electron chi connectivity index (χ0n) is 12.5. The highest BCUT2D eigenvalue weighted by atomic mass is 16.5. The van der Waals surface area contributed by atoms with E-state index in [0.717, 1.165) is 11.3 Å².